The molecule has 0 spiro atoms. The van der Waals surface area contributed by atoms with E-state index in [4.69, 9.17) is 18.5 Å². The number of aliphatic hydroxyl groups is 1. The largest absolute Gasteiger partial charge is 0.462 e. The van der Waals surface area contributed by atoms with E-state index in [0.29, 0.717) is 0 Å². The molecule has 5 atom stereocenters. The van der Waals surface area contributed by atoms with Gasteiger partial charge in [0.15, 0.2) is 11.9 Å². The summed E-state index contributed by atoms with van der Waals surface area (Å²) in [5.41, 5.74) is -4.11. The first-order valence-corrected chi connectivity index (χ1v) is 12.2. The van der Waals surface area contributed by atoms with E-state index in [2.05, 4.69) is 5.09 Å². The summed E-state index contributed by atoms with van der Waals surface area (Å²) in [7, 11) is -4.25. The molecular formula is C21H27FN3O9P. The van der Waals surface area contributed by atoms with Gasteiger partial charge in [-0.25, -0.2) is 18.8 Å². The molecule has 12 nitrogen and oxygen atoms in total. The van der Waals surface area contributed by atoms with E-state index in [1.807, 2.05) is 4.98 Å². The third-order valence-electron chi connectivity index (χ3n) is 4.98. The van der Waals surface area contributed by atoms with Crippen molar-refractivity contribution in [2.75, 3.05) is 13.2 Å². The molecule has 1 aromatic heterocycles. The highest BCUT2D eigenvalue weighted by Gasteiger charge is 2.55. The lowest BCUT2D eigenvalue weighted by atomic mass is 9.98. The van der Waals surface area contributed by atoms with E-state index in [9.17, 15) is 24.1 Å². The molecule has 2 aromatic rings. The van der Waals surface area contributed by atoms with Crippen LogP contribution in [0, 0.1) is 0 Å². The Hall–Kier alpha value is -2.83. The fraction of sp³-hybridized carbons (Fsp3) is 0.476. The molecule has 2 heterocycles. The lowest BCUT2D eigenvalue weighted by molar-refractivity contribution is -0.146. The van der Waals surface area contributed by atoms with E-state index < -0.39 is 68.3 Å². The first-order valence-electron chi connectivity index (χ1n) is 10.7. The van der Waals surface area contributed by atoms with Crippen LogP contribution in [0.25, 0.3) is 0 Å². The molecule has 0 bridgehead atoms. The molecule has 1 fully saturated rings. The molecule has 3 N–H and O–H groups in total. The summed E-state index contributed by atoms with van der Waals surface area (Å²) in [4.78, 5) is 37.3. The number of aliphatic hydroxyl groups excluding tert-OH is 1. The molecule has 0 unspecified atom stereocenters. The average Bonchev–Trinajstić information content (AvgIpc) is 3.00. The fourth-order valence-corrected chi connectivity index (χ4v) is 4.60. The number of hydrogen-bond donors (Lipinski definition) is 3. The van der Waals surface area contributed by atoms with Crippen LogP contribution < -0.4 is 20.9 Å². The summed E-state index contributed by atoms with van der Waals surface area (Å²) in [6, 6.07) is 8.95. The maximum atomic E-state index is 15.4. The van der Waals surface area contributed by atoms with Gasteiger partial charge in [-0.1, -0.05) is 18.2 Å². The van der Waals surface area contributed by atoms with Gasteiger partial charge in [-0.3, -0.25) is 23.7 Å². The molecule has 0 saturated carbocycles. The van der Waals surface area contributed by atoms with Gasteiger partial charge in [0.25, 0.3) is 5.56 Å². The molecule has 1 aromatic carbocycles. The minimum absolute atomic E-state index is 0.154. The topological polar surface area (TPSA) is 158 Å². The van der Waals surface area contributed by atoms with Crippen LogP contribution >= 0.6 is 7.75 Å². The van der Waals surface area contributed by atoms with Crippen molar-refractivity contribution in [3.8, 4) is 5.75 Å². The van der Waals surface area contributed by atoms with Crippen molar-refractivity contribution < 1.29 is 37.4 Å². The number of aromatic nitrogens is 2. The zero-order valence-corrected chi connectivity index (χ0v) is 20.1. The molecule has 35 heavy (non-hydrogen) atoms. The first-order chi connectivity index (χ1) is 16.4. The Kier molecular flexibility index (Phi) is 8.29. The molecule has 0 radical (unpaired) electrons. The van der Waals surface area contributed by atoms with Crippen LogP contribution in [0.15, 0.2) is 52.2 Å². The molecule has 1 aliphatic heterocycles. The van der Waals surface area contributed by atoms with Gasteiger partial charge in [-0.15, -0.1) is 0 Å². The van der Waals surface area contributed by atoms with Crippen LogP contribution in [-0.4, -0.2) is 57.8 Å². The second kappa shape index (κ2) is 10.8. The van der Waals surface area contributed by atoms with Crippen molar-refractivity contribution in [1.82, 2.24) is 14.6 Å². The number of halogens is 1. The Bertz CT molecular complexity index is 1180. The molecule has 1 aliphatic rings. The molecule has 0 amide bonds. The van der Waals surface area contributed by atoms with Gasteiger partial charge in [0.05, 0.1) is 12.7 Å². The summed E-state index contributed by atoms with van der Waals surface area (Å²) < 4.78 is 50.8. The van der Waals surface area contributed by atoms with Crippen molar-refractivity contribution in [1.29, 1.82) is 0 Å². The summed E-state index contributed by atoms with van der Waals surface area (Å²) in [6.07, 6.45) is -4.17. The van der Waals surface area contributed by atoms with Crippen molar-refractivity contribution in [3.05, 3.63) is 63.4 Å². The van der Waals surface area contributed by atoms with Crippen LogP contribution in [0.5, 0.6) is 5.75 Å². The minimum atomic E-state index is -4.25. The number of nitrogens with one attached hydrogen (secondary N) is 2. The second-order valence-electron chi connectivity index (χ2n) is 8.21. The number of aromatic amines is 1. The van der Waals surface area contributed by atoms with E-state index in [1.54, 1.807) is 32.0 Å². The number of alkyl halides is 1. The smallest absolute Gasteiger partial charge is 0.459 e. The lowest BCUT2D eigenvalue weighted by Crippen LogP contribution is -2.43. The van der Waals surface area contributed by atoms with Crippen molar-refractivity contribution >= 4 is 13.7 Å². The third kappa shape index (κ3) is 6.65. The summed E-state index contributed by atoms with van der Waals surface area (Å²) >= 11 is 0. The average molecular weight is 515 g/mol. The number of H-pyrrole nitrogens is 1. The number of rotatable bonds is 10. The van der Waals surface area contributed by atoms with Gasteiger partial charge in [0.1, 0.15) is 24.5 Å². The van der Waals surface area contributed by atoms with Gasteiger partial charge in [-0.2, -0.15) is 0 Å². The molecule has 1 saturated heterocycles. The Balaban J connectivity index is 1.76. The van der Waals surface area contributed by atoms with Crippen molar-refractivity contribution in [3.63, 3.8) is 0 Å². The quantitative estimate of drug-likeness (QED) is 0.311. The van der Waals surface area contributed by atoms with Crippen LogP contribution in [-0.2, 0) is 23.4 Å². The maximum absolute atomic E-state index is 15.4. The third-order valence-corrected chi connectivity index (χ3v) is 6.47. The van der Waals surface area contributed by atoms with Crippen LogP contribution in [0.3, 0.4) is 0 Å². The van der Waals surface area contributed by atoms with Crippen LogP contribution in [0.1, 0.15) is 27.0 Å². The van der Waals surface area contributed by atoms with Crippen molar-refractivity contribution in [2.45, 2.75) is 51.0 Å². The second-order valence-corrected chi connectivity index (χ2v) is 9.96. The van der Waals surface area contributed by atoms with Crippen molar-refractivity contribution in [2.24, 2.45) is 0 Å². The predicted octanol–water partition coefficient (Wildman–Crippen LogP) is 1.27. The number of ether oxygens (including phenoxy) is 2. The molecule has 14 heteroatoms. The summed E-state index contributed by atoms with van der Waals surface area (Å²) in [5.74, 6) is -0.562. The maximum Gasteiger partial charge on any atom is 0.459 e. The summed E-state index contributed by atoms with van der Waals surface area (Å²) in [5, 5.41) is 12.9. The molecule has 192 valence electrons. The number of hydrogen-bond acceptors (Lipinski definition) is 9. The normalized spacial score (nSPS) is 25.8. The minimum Gasteiger partial charge on any atom is -0.462 e. The number of para-hydroxylation sites is 1. The predicted molar refractivity (Wildman–Crippen MR) is 121 cm³/mol. The number of carbonyl (C=O) groups is 1. The Labute approximate surface area is 199 Å². The standard InChI is InChI=1S/C21H27FN3O9P/c1-13(2)32-17(27)11-23-35(30,34-14-7-5-4-6-8-14)31-12-15-18(28)21(3,22)19(33-15)25-10-9-16(26)24-20(25)29/h4-10,13,15,18-19,28H,11-12H2,1-3H3,(H,23,30)(H,24,26,29)/t15-,18-,19-,21-,35-/m1/s1. The van der Waals surface area contributed by atoms with Gasteiger partial charge in [-0.05, 0) is 32.9 Å². The van der Waals surface area contributed by atoms with Crippen LogP contribution in [0.2, 0.25) is 0 Å². The van der Waals surface area contributed by atoms with Gasteiger partial charge < -0.3 is 19.1 Å². The highest BCUT2D eigenvalue weighted by atomic mass is 31.2. The van der Waals surface area contributed by atoms with Gasteiger partial charge >= 0.3 is 19.4 Å². The fourth-order valence-electron chi connectivity index (χ4n) is 3.32. The highest BCUT2D eigenvalue weighted by Crippen LogP contribution is 2.46. The SMILES string of the molecule is CC(C)OC(=O)CN[P@@](=O)(OC[C@H]1O[C@@H](n2ccc(=O)[nH]c2=O)[C@](C)(F)[C@@H]1O)Oc1ccccc1. The number of benzene rings is 1. The monoisotopic (exact) mass is 515 g/mol. The lowest BCUT2D eigenvalue weighted by Gasteiger charge is -2.24. The Morgan fingerprint density at radius 3 is 2.63 bits per heavy atom. The number of esters is 1. The summed E-state index contributed by atoms with van der Waals surface area (Å²) in [6.45, 7) is 3.15. The molecule has 3 rings (SSSR count). The van der Waals surface area contributed by atoms with Crippen LogP contribution in [0.4, 0.5) is 4.39 Å². The number of carbonyl (C=O) groups excluding carboxylic acids is 1. The van der Waals surface area contributed by atoms with E-state index >= 15 is 4.39 Å². The van der Waals surface area contributed by atoms with E-state index in [0.717, 1.165) is 23.8 Å². The van der Waals surface area contributed by atoms with E-state index in [1.165, 1.54) is 12.1 Å². The van der Waals surface area contributed by atoms with Gasteiger partial charge in [0.2, 0.25) is 0 Å². The van der Waals surface area contributed by atoms with E-state index in [-0.39, 0.29) is 5.75 Å². The Morgan fingerprint density at radius 1 is 1.31 bits per heavy atom. The van der Waals surface area contributed by atoms with Gasteiger partial charge in [0, 0.05) is 12.3 Å². The number of nitrogens with zero attached hydrogens (tertiary/aromatic N) is 1. The Morgan fingerprint density at radius 2 is 2.00 bits per heavy atom. The highest BCUT2D eigenvalue weighted by molar-refractivity contribution is 7.52. The first kappa shape index (κ1) is 26.8. The molecular weight excluding hydrogens is 488 g/mol. The zero-order chi connectivity index (χ0) is 25.8. The zero-order valence-electron chi connectivity index (χ0n) is 19.3. The molecule has 0 aliphatic carbocycles.